The Hall–Kier alpha value is -3.17. The molecule has 0 bridgehead atoms. The lowest BCUT2D eigenvalue weighted by Crippen LogP contribution is -2.18. The van der Waals surface area contributed by atoms with Crippen LogP contribution in [-0.4, -0.2) is 32.7 Å². The summed E-state index contributed by atoms with van der Waals surface area (Å²) in [6, 6.07) is 8.23. The van der Waals surface area contributed by atoms with Gasteiger partial charge >= 0.3 is 5.69 Å². The van der Waals surface area contributed by atoms with Gasteiger partial charge in [0.25, 0.3) is 11.8 Å². The molecular formula is C21H21Cl2N5O4. The maximum absolute atomic E-state index is 13.1. The van der Waals surface area contributed by atoms with Gasteiger partial charge in [-0.1, -0.05) is 62.2 Å². The number of hydrogen-bond donors (Lipinski definition) is 1. The van der Waals surface area contributed by atoms with Gasteiger partial charge in [0.1, 0.15) is 11.4 Å². The summed E-state index contributed by atoms with van der Waals surface area (Å²) in [6.07, 6.45) is 0. The molecule has 0 fully saturated rings. The Bertz CT molecular complexity index is 1220. The third-order valence-corrected chi connectivity index (χ3v) is 5.34. The Balaban J connectivity index is 2.14. The number of pyridine rings is 1. The molecule has 32 heavy (non-hydrogen) atoms. The molecule has 3 aromatic rings. The zero-order chi connectivity index (χ0) is 23.8. The summed E-state index contributed by atoms with van der Waals surface area (Å²) < 4.78 is 6.49. The van der Waals surface area contributed by atoms with Crippen LogP contribution >= 0.6 is 23.2 Å². The summed E-state index contributed by atoms with van der Waals surface area (Å²) in [5, 5.41) is 19.2. The number of hydrogen-bond acceptors (Lipinski definition) is 6. The second kappa shape index (κ2) is 8.76. The van der Waals surface area contributed by atoms with Crippen LogP contribution in [0.3, 0.4) is 0 Å². The summed E-state index contributed by atoms with van der Waals surface area (Å²) >= 11 is 12.7. The van der Waals surface area contributed by atoms with E-state index in [2.05, 4.69) is 15.4 Å². The van der Waals surface area contributed by atoms with Crippen molar-refractivity contribution in [2.24, 2.45) is 7.05 Å². The molecule has 168 valence electrons. The van der Waals surface area contributed by atoms with Crippen LogP contribution in [0, 0.1) is 10.1 Å². The number of ether oxygens (including phenoxy) is 1. The zero-order valence-electron chi connectivity index (χ0n) is 18.1. The monoisotopic (exact) mass is 477 g/mol. The van der Waals surface area contributed by atoms with E-state index in [0.29, 0.717) is 22.0 Å². The normalized spacial score (nSPS) is 11.3. The number of nitro groups is 1. The van der Waals surface area contributed by atoms with Crippen LogP contribution in [0.1, 0.15) is 37.0 Å². The highest BCUT2D eigenvalue weighted by molar-refractivity contribution is 6.35. The number of nitrogens with one attached hydrogen (secondary N) is 1. The van der Waals surface area contributed by atoms with Crippen molar-refractivity contribution < 1.29 is 14.5 Å². The average molecular weight is 478 g/mol. The number of aromatic nitrogens is 3. The number of nitrogens with zero attached hydrogens (tertiary/aromatic N) is 4. The van der Waals surface area contributed by atoms with E-state index in [-0.39, 0.29) is 22.3 Å². The fourth-order valence-corrected chi connectivity index (χ4v) is 3.90. The van der Waals surface area contributed by atoms with Crippen molar-refractivity contribution in [2.75, 3.05) is 12.4 Å². The average Bonchev–Trinajstić information content (AvgIpc) is 3.01. The Morgan fingerprint density at radius 1 is 1.25 bits per heavy atom. The maximum Gasteiger partial charge on any atom is 0.354 e. The van der Waals surface area contributed by atoms with Gasteiger partial charge in [0.2, 0.25) is 0 Å². The van der Waals surface area contributed by atoms with Gasteiger partial charge in [-0.15, -0.1) is 0 Å². The topological polar surface area (TPSA) is 112 Å². The molecule has 1 aromatic carbocycles. The number of aryl methyl sites for hydroxylation is 1. The van der Waals surface area contributed by atoms with Crippen molar-refractivity contribution in [1.29, 1.82) is 0 Å². The van der Waals surface area contributed by atoms with Crippen LogP contribution in [0.15, 0.2) is 30.3 Å². The highest BCUT2D eigenvalue weighted by atomic mass is 35.5. The minimum atomic E-state index is -0.677. The smallest absolute Gasteiger partial charge is 0.354 e. The highest BCUT2D eigenvalue weighted by Crippen LogP contribution is 2.39. The molecule has 0 aliphatic rings. The molecule has 0 aliphatic carbocycles. The standard InChI is InChI=1S/C21H21Cl2N5O4/c1-21(2,3)18-15(23)17(27(4)26-18)19(29)24-14-10-13(11-8-6-7-9-12(11)22)25-20(32-5)16(14)28(30)31/h6-10H,1-5H3,(H,24,25,29). The number of carbonyl (C=O) groups excluding carboxylic acids is 1. The van der Waals surface area contributed by atoms with Crippen molar-refractivity contribution in [3.05, 3.63) is 61.9 Å². The fraction of sp³-hybridized carbons (Fsp3) is 0.286. The molecule has 1 N–H and O–H groups in total. The Kier molecular flexibility index (Phi) is 6.43. The van der Waals surface area contributed by atoms with Crippen molar-refractivity contribution in [3.63, 3.8) is 0 Å². The van der Waals surface area contributed by atoms with Gasteiger partial charge in [0.15, 0.2) is 0 Å². The Morgan fingerprint density at radius 3 is 2.44 bits per heavy atom. The molecule has 0 atom stereocenters. The summed E-state index contributed by atoms with van der Waals surface area (Å²) in [4.78, 5) is 28.4. The molecular weight excluding hydrogens is 457 g/mol. The summed E-state index contributed by atoms with van der Waals surface area (Å²) in [5.41, 5.74) is 0.399. The molecule has 2 aromatic heterocycles. The van der Waals surface area contributed by atoms with Crippen LogP contribution in [0.4, 0.5) is 11.4 Å². The number of halogens is 2. The largest absolute Gasteiger partial charge is 0.476 e. The molecule has 2 heterocycles. The van der Waals surface area contributed by atoms with Gasteiger partial charge < -0.3 is 10.1 Å². The molecule has 1 amide bonds. The van der Waals surface area contributed by atoms with E-state index in [4.69, 9.17) is 27.9 Å². The summed E-state index contributed by atoms with van der Waals surface area (Å²) in [6.45, 7) is 5.74. The number of carbonyl (C=O) groups is 1. The van der Waals surface area contributed by atoms with Gasteiger partial charge in [-0.05, 0) is 12.1 Å². The third kappa shape index (κ3) is 4.39. The molecule has 0 aliphatic heterocycles. The number of methoxy groups -OCH3 is 1. The first-order chi connectivity index (χ1) is 15.0. The molecule has 3 rings (SSSR count). The predicted octanol–water partition coefficient (Wildman–Crippen LogP) is 5.26. The van der Waals surface area contributed by atoms with Crippen LogP contribution < -0.4 is 10.1 Å². The van der Waals surface area contributed by atoms with Gasteiger partial charge in [-0.3, -0.25) is 19.6 Å². The van der Waals surface area contributed by atoms with Crippen molar-refractivity contribution >= 4 is 40.5 Å². The van der Waals surface area contributed by atoms with Crippen molar-refractivity contribution in [2.45, 2.75) is 26.2 Å². The van der Waals surface area contributed by atoms with E-state index in [1.807, 2.05) is 20.8 Å². The minimum absolute atomic E-state index is 0.0703. The van der Waals surface area contributed by atoms with Crippen LogP contribution in [0.25, 0.3) is 11.3 Å². The highest BCUT2D eigenvalue weighted by Gasteiger charge is 2.31. The molecule has 11 heteroatoms. The number of rotatable bonds is 5. The molecule has 0 radical (unpaired) electrons. The van der Waals surface area contributed by atoms with Gasteiger partial charge in [0, 0.05) is 23.0 Å². The Morgan fingerprint density at radius 2 is 1.91 bits per heavy atom. The van der Waals surface area contributed by atoms with E-state index in [9.17, 15) is 14.9 Å². The first kappa shape index (κ1) is 23.5. The van der Waals surface area contributed by atoms with Crippen LogP contribution in [0.5, 0.6) is 5.88 Å². The van der Waals surface area contributed by atoms with E-state index < -0.39 is 21.9 Å². The lowest BCUT2D eigenvalue weighted by molar-refractivity contribution is -0.385. The van der Waals surface area contributed by atoms with Gasteiger partial charge in [0.05, 0.1) is 28.4 Å². The van der Waals surface area contributed by atoms with E-state index in [1.54, 1.807) is 31.3 Å². The molecule has 0 unspecified atom stereocenters. The number of anilines is 1. The molecule has 0 spiro atoms. The summed E-state index contributed by atoms with van der Waals surface area (Å²) in [5.74, 6) is -0.934. The second-order valence-corrected chi connectivity index (χ2v) is 8.77. The Labute approximate surface area is 194 Å². The zero-order valence-corrected chi connectivity index (χ0v) is 19.6. The second-order valence-electron chi connectivity index (χ2n) is 7.99. The lowest BCUT2D eigenvalue weighted by Gasteiger charge is -2.15. The van der Waals surface area contributed by atoms with Crippen molar-refractivity contribution in [3.8, 4) is 17.1 Å². The lowest BCUT2D eigenvalue weighted by atomic mass is 9.92. The van der Waals surface area contributed by atoms with E-state index >= 15 is 0 Å². The molecule has 0 saturated heterocycles. The van der Waals surface area contributed by atoms with Crippen LogP contribution in [0.2, 0.25) is 10.0 Å². The van der Waals surface area contributed by atoms with E-state index in [1.165, 1.54) is 17.9 Å². The fourth-order valence-electron chi connectivity index (χ4n) is 3.14. The maximum atomic E-state index is 13.1. The van der Waals surface area contributed by atoms with E-state index in [0.717, 1.165) is 0 Å². The quantitative estimate of drug-likeness (QED) is 0.396. The predicted molar refractivity (Wildman–Crippen MR) is 123 cm³/mol. The molecule has 9 nitrogen and oxygen atoms in total. The number of benzene rings is 1. The first-order valence-corrected chi connectivity index (χ1v) is 10.2. The summed E-state index contributed by atoms with van der Waals surface area (Å²) in [7, 11) is 2.83. The van der Waals surface area contributed by atoms with Crippen LogP contribution in [-0.2, 0) is 12.5 Å². The first-order valence-electron chi connectivity index (χ1n) is 9.48. The molecule has 0 saturated carbocycles. The van der Waals surface area contributed by atoms with Crippen molar-refractivity contribution in [1.82, 2.24) is 14.8 Å². The van der Waals surface area contributed by atoms with Gasteiger partial charge in [-0.2, -0.15) is 5.10 Å². The van der Waals surface area contributed by atoms with Gasteiger partial charge in [-0.25, -0.2) is 4.98 Å². The SMILES string of the molecule is COc1nc(-c2ccccc2Cl)cc(NC(=O)c2c(Cl)c(C(C)(C)C)nn2C)c1[N+](=O)[O-]. The third-order valence-electron chi connectivity index (χ3n) is 4.65. The number of amides is 1. The minimum Gasteiger partial charge on any atom is -0.476 e.